The quantitative estimate of drug-likeness (QED) is 0.0282. The summed E-state index contributed by atoms with van der Waals surface area (Å²) in [6.45, 7) is 6.10. The van der Waals surface area contributed by atoms with Crippen molar-refractivity contribution in [2.24, 2.45) is 23.0 Å². The number of aliphatic hydroxyl groups is 2. The fourth-order valence-corrected chi connectivity index (χ4v) is 10.6. The number of nitrogens with zero attached hydrogens (tertiary/aromatic N) is 4. The zero-order valence-corrected chi connectivity index (χ0v) is 43.2. The first-order valence-corrected chi connectivity index (χ1v) is 27.4. The molecule has 26 nitrogen and oxygen atoms in total. The van der Waals surface area contributed by atoms with Crippen molar-refractivity contribution >= 4 is 69.1 Å². The second kappa shape index (κ2) is 26.4. The molecular formula is C41H63N8O18P3S. The molecule has 0 spiro atoms. The van der Waals surface area contributed by atoms with Crippen molar-refractivity contribution in [2.75, 3.05) is 44.9 Å². The number of carbonyl (C=O) groups is 3. The number of benzene rings is 1. The van der Waals surface area contributed by atoms with E-state index < -0.39 is 96.5 Å². The number of allylic oxidation sites excluding steroid dienone is 2. The first kappa shape index (κ1) is 59.7. The summed E-state index contributed by atoms with van der Waals surface area (Å²) in [5, 5.41) is 26.5. The van der Waals surface area contributed by atoms with Crippen LogP contribution in [0.2, 0.25) is 0 Å². The minimum Gasteiger partial charge on any atom is -0.386 e. The molecule has 0 bridgehead atoms. The lowest BCUT2D eigenvalue weighted by atomic mass is 9.87. The number of hydrogen-bond donors (Lipinski definition) is 10. The van der Waals surface area contributed by atoms with E-state index in [4.69, 9.17) is 30.0 Å². The second-order valence-corrected chi connectivity index (χ2v) is 22.5. The Morgan fingerprint density at radius 2 is 1.69 bits per heavy atom. The van der Waals surface area contributed by atoms with Gasteiger partial charge < -0.3 is 61.4 Å². The molecule has 0 aliphatic carbocycles. The number of carbonyl (C=O) groups excluding carboxylic acids is 3. The van der Waals surface area contributed by atoms with Crippen LogP contribution < -0.4 is 22.1 Å². The average molecular weight is 1080 g/mol. The highest BCUT2D eigenvalue weighted by Crippen LogP contribution is 2.61. The summed E-state index contributed by atoms with van der Waals surface area (Å²) in [6.07, 6.45) is -0.545. The minimum absolute atomic E-state index is 0.0226. The van der Waals surface area contributed by atoms with Crippen LogP contribution in [0.3, 0.4) is 0 Å². The van der Waals surface area contributed by atoms with Crippen molar-refractivity contribution in [1.29, 1.82) is 0 Å². The molecule has 1 aliphatic rings. The number of ether oxygens (including phenoxy) is 2. The first-order valence-electron chi connectivity index (χ1n) is 21.9. The van der Waals surface area contributed by atoms with E-state index in [1.807, 2.05) is 31.2 Å². The van der Waals surface area contributed by atoms with Gasteiger partial charge in [0.1, 0.15) is 36.3 Å². The van der Waals surface area contributed by atoms with Crippen LogP contribution in [0.15, 0.2) is 66.8 Å². The Balaban J connectivity index is 1.16. The van der Waals surface area contributed by atoms with Crippen LogP contribution in [0.4, 0.5) is 5.82 Å². The number of rotatable bonds is 28. The molecule has 0 radical (unpaired) electrons. The highest BCUT2D eigenvalue weighted by atomic mass is 32.2. The Bertz CT molecular complexity index is 2480. The van der Waals surface area contributed by atoms with Crippen LogP contribution >= 0.6 is 35.2 Å². The molecule has 1 saturated heterocycles. The fraction of sp³-hybridized carbons (Fsp3) is 0.561. The lowest BCUT2D eigenvalue weighted by molar-refractivity contribution is -0.137. The normalized spacial score (nSPS) is 21.8. The summed E-state index contributed by atoms with van der Waals surface area (Å²) in [5.41, 5.74) is 12.7. The topological polar surface area (TPSA) is 399 Å². The number of phosphoric acid groups is 3. The summed E-state index contributed by atoms with van der Waals surface area (Å²) in [4.78, 5) is 89.3. The molecule has 1 fully saturated rings. The number of nitrogen functional groups attached to an aromatic ring is 1. The van der Waals surface area contributed by atoms with Gasteiger partial charge in [-0.3, -0.25) is 32.5 Å². The van der Waals surface area contributed by atoms with Gasteiger partial charge in [0.2, 0.25) is 11.8 Å². The van der Waals surface area contributed by atoms with Gasteiger partial charge in [0, 0.05) is 55.7 Å². The lowest BCUT2D eigenvalue weighted by Crippen LogP contribution is -2.46. The molecule has 2 aromatic heterocycles. The molecule has 0 saturated carbocycles. The van der Waals surface area contributed by atoms with E-state index in [1.54, 1.807) is 20.1 Å². The molecule has 3 heterocycles. The number of nitrogens with one attached hydrogen (secondary N) is 2. The molecule has 1 aromatic carbocycles. The van der Waals surface area contributed by atoms with E-state index in [1.165, 1.54) is 19.4 Å². The molecule has 1 aliphatic heterocycles. The molecule has 11 unspecified atom stereocenters. The first-order chi connectivity index (χ1) is 33.1. The molecule has 3 aromatic rings. The van der Waals surface area contributed by atoms with Crippen molar-refractivity contribution in [2.45, 2.75) is 90.2 Å². The molecule has 12 N–H and O–H groups in total. The summed E-state index contributed by atoms with van der Waals surface area (Å²) in [7, 11) is -14.8. The third-order valence-corrected chi connectivity index (χ3v) is 15.1. The number of aliphatic hydroxyl groups excluding tert-OH is 2. The molecular weight excluding hydrogens is 1020 g/mol. The third kappa shape index (κ3) is 18.6. The van der Waals surface area contributed by atoms with Crippen LogP contribution in [-0.4, -0.2) is 142 Å². The van der Waals surface area contributed by atoms with E-state index in [0.717, 1.165) is 41.0 Å². The molecule has 71 heavy (non-hydrogen) atoms. The highest BCUT2D eigenvalue weighted by Gasteiger charge is 2.50. The number of thioether (sulfide) groups is 1. The van der Waals surface area contributed by atoms with Gasteiger partial charge in [-0.05, 0) is 18.9 Å². The Morgan fingerprint density at radius 3 is 2.35 bits per heavy atom. The predicted molar refractivity (Wildman–Crippen MR) is 257 cm³/mol. The second-order valence-electron chi connectivity index (χ2n) is 17.2. The number of aromatic nitrogens is 4. The van der Waals surface area contributed by atoms with Crippen molar-refractivity contribution < 1.29 is 85.2 Å². The summed E-state index contributed by atoms with van der Waals surface area (Å²) in [5.74, 6) is -1.66. The minimum atomic E-state index is -5.60. The van der Waals surface area contributed by atoms with Crippen LogP contribution in [-0.2, 0) is 61.9 Å². The Morgan fingerprint density at radius 1 is 1.01 bits per heavy atom. The Hall–Kier alpha value is -3.82. The van der Waals surface area contributed by atoms with E-state index >= 15 is 0 Å². The van der Waals surface area contributed by atoms with Crippen molar-refractivity contribution in [3.63, 3.8) is 0 Å². The third-order valence-electron chi connectivity index (χ3n) is 11.0. The Kier molecular flexibility index (Phi) is 22.2. The van der Waals surface area contributed by atoms with Crippen LogP contribution in [0.5, 0.6) is 0 Å². The number of anilines is 1. The van der Waals surface area contributed by atoms with E-state index in [2.05, 4.69) is 59.6 Å². The molecule has 4 rings (SSSR count). The average Bonchev–Trinajstić information content (AvgIpc) is 3.86. The van der Waals surface area contributed by atoms with Crippen LogP contribution in [0.25, 0.3) is 11.2 Å². The number of amides is 2. The van der Waals surface area contributed by atoms with Gasteiger partial charge in [-0.15, -0.1) is 0 Å². The van der Waals surface area contributed by atoms with Gasteiger partial charge in [0.25, 0.3) is 0 Å². The van der Waals surface area contributed by atoms with Crippen LogP contribution in [0, 0.1) is 17.3 Å². The zero-order valence-electron chi connectivity index (χ0n) is 39.7. The van der Waals surface area contributed by atoms with Crippen molar-refractivity contribution in [3.8, 4) is 0 Å². The lowest BCUT2D eigenvalue weighted by Gasteiger charge is -2.30. The molecule has 30 heteroatoms. The van der Waals surface area contributed by atoms with Crippen LogP contribution in [0.1, 0.15) is 52.8 Å². The number of methoxy groups -OCH3 is 1. The fourth-order valence-electron chi connectivity index (χ4n) is 6.91. The summed E-state index contributed by atoms with van der Waals surface area (Å²) >= 11 is 1.01. The van der Waals surface area contributed by atoms with Gasteiger partial charge >= 0.3 is 23.5 Å². The highest BCUT2D eigenvalue weighted by molar-refractivity contribution is 8.13. The van der Waals surface area contributed by atoms with Gasteiger partial charge in [-0.1, -0.05) is 93.6 Å². The van der Waals surface area contributed by atoms with Crippen molar-refractivity contribution in [3.05, 3.63) is 72.4 Å². The number of hydrogen-bond acceptors (Lipinski definition) is 20. The number of imidazole rings is 1. The molecule has 396 valence electrons. The predicted octanol–water partition coefficient (Wildman–Crippen LogP) is 2.02. The van der Waals surface area contributed by atoms with Crippen molar-refractivity contribution in [1.82, 2.24) is 30.2 Å². The zero-order chi connectivity index (χ0) is 52.9. The van der Waals surface area contributed by atoms with Gasteiger partial charge in [-0.25, -0.2) is 28.6 Å². The molecule has 11 atom stereocenters. The van der Waals surface area contributed by atoms with E-state index in [9.17, 15) is 57.9 Å². The monoisotopic (exact) mass is 1080 g/mol. The van der Waals surface area contributed by atoms with E-state index in [-0.39, 0.29) is 59.4 Å². The smallest absolute Gasteiger partial charge is 0.386 e. The van der Waals surface area contributed by atoms with Gasteiger partial charge in [0.05, 0.1) is 25.6 Å². The molecule has 2 amide bonds. The van der Waals surface area contributed by atoms with Gasteiger partial charge in [-0.2, -0.15) is 4.31 Å². The van der Waals surface area contributed by atoms with Gasteiger partial charge in [0.15, 0.2) is 22.8 Å². The maximum absolute atomic E-state index is 12.8. The standard InChI is InChI=1S/C41H63N8O18P3S/c1-24(18-25(2)29(62-6)19-27-10-8-7-9-11-27)12-13-28(42)26(3)40(54)71-17-16-44-31(50)14-15-45-38(53)35(52)41(4,5)21-64-70(60,61)67-69(58,59)63-20-30-34(66-68(55,56)57)33(51)39(65-30)49-23-48-32-36(43)46-22-47-37(32)49/h7-13,18,22-23,25-26,28-30,33-35,39,51-52H,14-17,19-21,42H2,1-6H3,(H,44,50)(H,45,53)(H,58,59)(H,60,61)(H2,43,46,47)(H2,55,56,57)/b13-12+,24-18+. The van der Waals surface area contributed by atoms with E-state index in [0.29, 0.717) is 0 Å². The SMILES string of the molecule is COC(Cc1ccccc1)C(C)/C=C(C)/C=C/C(N)C(C)C(=O)SCCNC(=O)CCNC(=O)C(O)C(C)(C)COP(=O)(O)OP(=O)(O)OCC1OC(n2cnc3c(N)ncnc32)C(O)C1OP(=O)(O)O. The summed E-state index contributed by atoms with van der Waals surface area (Å²) < 4.78 is 68.3. The Labute approximate surface area is 413 Å². The largest absolute Gasteiger partial charge is 0.481 e. The maximum atomic E-state index is 12.8. The number of phosphoric ester groups is 3. The maximum Gasteiger partial charge on any atom is 0.481 e. The number of fused-ring (bicyclic) bond motifs is 1. The number of nitrogens with two attached hydrogens (primary N) is 2. The summed E-state index contributed by atoms with van der Waals surface area (Å²) in [6, 6.07) is 9.51.